The van der Waals surface area contributed by atoms with Crippen molar-refractivity contribution in [3.8, 4) is 0 Å². The van der Waals surface area contributed by atoms with E-state index in [9.17, 15) is 18.0 Å². The lowest BCUT2D eigenvalue weighted by molar-refractivity contribution is 0.0964. The zero-order valence-corrected chi connectivity index (χ0v) is 18.9. The van der Waals surface area contributed by atoms with Crippen molar-refractivity contribution in [3.05, 3.63) is 60.6 Å². The lowest BCUT2D eigenvalue weighted by Crippen LogP contribution is -2.46. The molecule has 0 radical (unpaired) electrons. The first-order chi connectivity index (χ1) is 15.9. The van der Waals surface area contributed by atoms with Gasteiger partial charge in [0.15, 0.2) is 5.76 Å². The van der Waals surface area contributed by atoms with E-state index in [4.69, 9.17) is 9.15 Å². The molecule has 1 aliphatic rings. The molecule has 2 N–H and O–H groups in total. The van der Waals surface area contributed by atoms with Crippen LogP contribution in [0.2, 0.25) is 0 Å². The molecule has 2 heterocycles. The summed E-state index contributed by atoms with van der Waals surface area (Å²) in [5, 5.41) is 3.86. The molecule has 0 spiro atoms. The number of nitrogens with zero attached hydrogens (tertiary/aromatic N) is 1. The Hall–Kier alpha value is -3.37. The summed E-state index contributed by atoms with van der Waals surface area (Å²) in [7, 11) is -3.84. The van der Waals surface area contributed by atoms with Crippen molar-refractivity contribution in [1.29, 1.82) is 0 Å². The second-order valence-electron chi connectivity index (χ2n) is 7.67. The Labute approximate surface area is 191 Å². The van der Waals surface area contributed by atoms with Gasteiger partial charge in [0.2, 0.25) is 10.0 Å². The standard InChI is InChI=1S/C23H25N3O6S/c1-2-31-23(28)26-13-11-16(12-14-26)25-33(29,30)21-10-4-6-17-18(21)7-3-8-19(17)24-22(27)20-9-5-15-32-20/h3-10,15-16,25H,2,11-14H2,1H3,(H,24,27). The van der Waals surface area contributed by atoms with Crippen LogP contribution >= 0.6 is 0 Å². The van der Waals surface area contributed by atoms with Gasteiger partial charge in [0.25, 0.3) is 5.91 Å². The second kappa shape index (κ2) is 9.63. The number of benzene rings is 2. The molecule has 33 heavy (non-hydrogen) atoms. The summed E-state index contributed by atoms with van der Waals surface area (Å²) >= 11 is 0. The van der Waals surface area contributed by atoms with Crippen LogP contribution in [0.15, 0.2) is 64.1 Å². The molecule has 0 bridgehead atoms. The number of rotatable bonds is 6. The molecular weight excluding hydrogens is 446 g/mol. The van der Waals surface area contributed by atoms with Gasteiger partial charge in [-0.15, -0.1) is 0 Å². The topological polar surface area (TPSA) is 118 Å². The van der Waals surface area contributed by atoms with Crippen LogP contribution in [0.1, 0.15) is 30.3 Å². The second-order valence-corrected chi connectivity index (χ2v) is 9.35. The number of nitrogens with one attached hydrogen (secondary N) is 2. The van der Waals surface area contributed by atoms with Gasteiger partial charge in [0.1, 0.15) is 0 Å². The number of anilines is 1. The van der Waals surface area contributed by atoms with E-state index in [2.05, 4.69) is 10.0 Å². The molecule has 2 aromatic carbocycles. The fourth-order valence-electron chi connectivity index (χ4n) is 3.89. The number of carbonyl (C=O) groups is 2. The van der Waals surface area contributed by atoms with Gasteiger partial charge < -0.3 is 19.4 Å². The zero-order valence-electron chi connectivity index (χ0n) is 18.1. The molecule has 3 aromatic rings. The van der Waals surface area contributed by atoms with Gasteiger partial charge in [-0.05, 0) is 44.0 Å². The highest BCUT2D eigenvalue weighted by Crippen LogP contribution is 2.29. The van der Waals surface area contributed by atoms with Gasteiger partial charge in [0, 0.05) is 35.6 Å². The maximum atomic E-state index is 13.2. The SMILES string of the molecule is CCOC(=O)N1CCC(NS(=O)(=O)c2cccc3c(NC(=O)c4ccco4)cccc23)CC1. The number of hydrogen-bond acceptors (Lipinski definition) is 6. The number of hydrogen-bond donors (Lipinski definition) is 2. The Kier molecular flexibility index (Phi) is 6.66. The van der Waals surface area contributed by atoms with E-state index in [1.807, 2.05) is 0 Å². The molecule has 2 amide bonds. The number of carbonyl (C=O) groups excluding carboxylic acids is 2. The molecule has 1 saturated heterocycles. The van der Waals surface area contributed by atoms with E-state index in [1.54, 1.807) is 54.3 Å². The van der Waals surface area contributed by atoms with Crippen molar-refractivity contribution in [1.82, 2.24) is 9.62 Å². The van der Waals surface area contributed by atoms with E-state index in [0.29, 0.717) is 49.0 Å². The molecule has 9 nitrogen and oxygen atoms in total. The Balaban J connectivity index is 1.53. The first-order valence-corrected chi connectivity index (χ1v) is 12.2. The molecule has 4 rings (SSSR count). The quantitative estimate of drug-likeness (QED) is 0.567. The van der Waals surface area contributed by atoms with Crippen LogP contribution in [-0.2, 0) is 14.8 Å². The molecule has 0 atom stereocenters. The van der Waals surface area contributed by atoms with Crippen molar-refractivity contribution < 1.29 is 27.2 Å². The minimum absolute atomic E-state index is 0.127. The first kappa shape index (κ1) is 22.8. The summed E-state index contributed by atoms with van der Waals surface area (Å²) in [5.74, 6) is -0.265. The summed E-state index contributed by atoms with van der Waals surface area (Å²) in [6, 6.07) is 12.9. The predicted molar refractivity (Wildman–Crippen MR) is 123 cm³/mol. The highest BCUT2D eigenvalue weighted by atomic mass is 32.2. The summed E-state index contributed by atoms with van der Waals surface area (Å²) in [4.78, 5) is 26.0. The normalized spacial score (nSPS) is 14.9. The number of piperidine rings is 1. The van der Waals surface area contributed by atoms with Crippen LogP contribution < -0.4 is 10.0 Å². The molecule has 1 aromatic heterocycles. The smallest absolute Gasteiger partial charge is 0.409 e. The third kappa shape index (κ3) is 5.01. The van der Waals surface area contributed by atoms with Crippen LogP contribution in [0.5, 0.6) is 0 Å². The third-order valence-electron chi connectivity index (χ3n) is 5.51. The summed E-state index contributed by atoms with van der Waals surface area (Å²) < 4.78 is 39.4. The fourth-order valence-corrected chi connectivity index (χ4v) is 5.42. The highest BCUT2D eigenvalue weighted by Gasteiger charge is 2.28. The molecule has 10 heteroatoms. The van der Waals surface area contributed by atoms with Gasteiger partial charge in [-0.3, -0.25) is 4.79 Å². The maximum absolute atomic E-state index is 13.2. The molecule has 0 aliphatic carbocycles. The Bertz CT molecular complexity index is 1250. The largest absolute Gasteiger partial charge is 0.459 e. The first-order valence-electron chi connectivity index (χ1n) is 10.7. The van der Waals surface area contributed by atoms with Crippen molar-refractivity contribution in [2.45, 2.75) is 30.7 Å². The minimum Gasteiger partial charge on any atom is -0.459 e. The molecule has 1 fully saturated rings. The number of likely N-dealkylation sites (tertiary alicyclic amines) is 1. The lowest BCUT2D eigenvalue weighted by Gasteiger charge is -2.31. The van der Waals surface area contributed by atoms with Crippen molar-refractivity contribution in [2.24, 2.45) is 0 Å². The fraction of sp³-hybridized carbons (Fsp3) is 0.304. The van der Waals surface area contributed by atoms with Gasteiger partial charge in [-0.2, -0.15) is 0 Å². The Morgan fingerprint density at radius 1 is 1.06 bits per heavy atom. The lowest BCUT2D eigenvalue weighted by atomic mass is 10.1. The number of ether oxygens (including phenoxy) is 1. The third-order valence-corrected chi connectivity index (χ3v) is 7.09. The highest BCUT2D eigenvalue weighted by molar-refractivity contribution is 7.89. The number of sulfonamides is 1. The summed E-state index contributed by atoms with van der Waals surface area (Å²) in [5.41, 5.74) is 0.480. The van der Waals surface area contributed by atoms with Gasteiger partial charge in [0.05, 0.1) is 17.8 Å². The minimum atomic E-state index is -3.84. The summed E-state index contributed by atoms with van der Waals surface area (Å²) in [6.07, 6.45) is 2.02. The Morgan fingerprint density at radius 2 is 1.79 bits per heavy atom. The monoisotopic (exact) mass is 471 g/mol. The van der Waals surface area contributed by atoms with Crippen molar-refractivity contribution in [2.75, 3.05) is 25.0 Å². The zero-order chi connectivity index (χ0) is 23.4. The maximum Gasteiger partial charge on any atom is 0.409 e. The van der Waals surface area contributed by atoms with Crippen LogP contribution in [-0.4, -0.2) is 51.1 Å². The number of furan rings is 1. The predicted octanol–water partition coefficient (Wildman–Crippen LogP) is 3.58. The van der Waals surface area contributed by atoms with E-state index in [-0.39, 0.29) is 22.8 Å². The van der Waals surface area contributed by atoms with E-state index >= 15 is 0 Å². The van der Waals surface area contributed by atoms with Crippen molar-refractivity contribution >= 4 is 38.5 Å². The molecule has 0 unspecified atom stereocenters. The van der Waals surface area contributed by atoms with Crippen LogP contribution in [0.4, 0.5) is 10.5 Å². The van der Waals surface area contributed by atoms with E-state index in [0.717, 1.165) is 0 Å². The van der Waals surface area contributed by atoms with Crippen LogP contribution in [0.25, 0.3) is 10.8 Å². The van der Waals surface area contributed by atoms with E-state index in [1.165, 1.54) is 12.3 Å². The van der Waals surface area contributed by atoms with E-state index < -0.39 is 15.9 Å². The Morgan fingerprint density at radius 3 is 2.48 bits per heavy atom. The molecule has 174 valence electrons. The van der Waals surface area contributed by atoms with Gasteiger partial charge in [-0.1, -0.05) is 24.3 Å². The molecule has 0 saturated carbocycles. The molecule has 1 aliphatic heterocycles. The average Bonchev–Trinajstić information content (AvgIpc) is 3.34. The molecular formula is C23H25N3O6S. The number of amides is 2. The number of fused-ring (bicyclic) bond motifs is 1. The van der Waals surface area contributed by atoms with Crippen LogP contribution in [0.3, 0.4) is 0 Å². The average molecular weight is 472 g/mol. The summed E-state index contributed by atoms with van der Waals surface area (Å²) in [6.45, 7) is 2.89. The van der Waals surface area contributed by atoms with Gasteiger partial charge >= 0.3 is 6.09 Å². The van der Waals surface area contributed by atoms with Gasteiger partial charge in [-0.25, -0.2) is 17.9 Å². The van der Waals surface area contributed by atoms with Crippen LogP contribution in [0, 0.1) is 0 Å². The van der Waals surface area contributed by atoms with Crippen molar-refractivity contribution in [3.63, 3.8) is 0 Å².